The molecule has 0 saturated carbocycles. The summed E-state index contributed by atoms with van der Waals surface area (Å²) < 4.78 is -0.685. The van der Waals surface area contributed by atoms with Gasteiger partial charge < -0.3 is 5.32 Å². The van der Waals surface area contributed by atoms with Crippen LogP contribution in [0.25, 0.3) is 6.08 Å². The van der Waals surface area contributed by atoms with Crippen molar-refractivity contribution in [3.63, 3.8) is 0 Å². The quantitative estimate of drug-likeness (QED) is 0.785. The van der Waals surface area contributed by atoms with E-state index in [0.717, 1.165) is 11.3 Å². The first-order valence-corrected chi connectivity index (χ1v) is 6.85. The van der Waals surface area contributed by atoms with E-state index in [1.165, 1.54) is 0 Å². The third-order valence-electron chi connectivity index (χ3n) is 2.77. The topological polar surface area (TPSA) is 29.1 Å². The zero-order chi connectivity index (χ0) is 14.7. The predicted molar refractivity (Wildman–Crippen MR) is 86.6 cm³/mol. The van der Waals surface area contributed by atoms with Crippen LogP contribution < -0.4 is 5.32 Å². The molecular formula is C16H23NOS. The average Bonchev–Trinajstić information content (AvgIpc) is 2.26. The van der Waals surface area contributed by atoms with Gasteiger partial charge in [-0.25, -0.2) is 0 Å². The molecule has 0 fully saturated rings. The molecule has 0 radical (unpaired) electrons. The van der Waals surface area contributed by atoms with Gasteiger partial charge in [0, 0.05) is 5.69 Å². The van der Waals surface area contributed by atoms with Crippen LogP contribution >= 0.6 is 12.6 Å². The van der Waals surface area contributed by atoms with E-state index in [-0.39, 0.29) is 11.3 Å². The summed E-state index contributed by atoms with van der Waals surface area (Å²) in [6.45, 7) is 11.9. The van der Waals surface area contributed by atoms with Gasteiger partial charge in [-0.2, -0.15) is 12.6 Å². The molecule has 2 nitrogen and oxygen atoms in total. The van der Waals surface area contributed by atoms with Crippen molar-refractivity contribution in [2.45, 2.75) is 38.9 Å². The van der Waals surface area contributed by atoms with E-state index >= 15 is 0 Å². The Morgan fingerprint density at radius 3 is 2.21 bits per heavy atom. The molecule has 1 rings (SSSR count). The van der Waals surface area contributed by atoms with E-state index in [1.54, 1.807) is 6.08 Å². The standard InChI is InChI=1S/C16H23NOS/c1-6-12-7-9-13(10-8-12)17-14(18)16(5,19)11-15(2,3)4/h6-10,19H,1,11H2,2-5H3,(H,17,18). The van der Waals surface area contributed by atoms with Gasteiger partial charge >= 0.3 is 0 Å². The highest BCUT2D eigenvalue weighted by Crippen LogP contribution is 2.32. The Bertz CT molecular complexity index is 455. The Balaban J connectivity index is 2.75. The van der Waals surface area contributed by atoms with Crippen LogP contribution in [-0.2, 0) is 4.79 Å². The molecule has 19 heavy (non-hydrogen) atoms. The van der Waals surface area contributed by atoms with E-state index < -0.39 is 4.75 Å². The molecule has 1 atom stereocenters. The summed E-state index contributed by atoms with van der Waals surface area (Å²) in [5.41, 5.74) is 1.87. The molecule has 0 aliphatic rings. The number of nitrogens with one attached hydrogen (secondary N) is 1. The zero-order valence-corrected chi connectivity index (χ0v) is 13.1. The van der Waals surface area contributed by atoms with Gasteiger partial charge in [0.15, 0.2) is 0 Å². The second-order valence-corrected chi connectivity index (χ2v) is 7.28. The van der Waals surface area contributed by atoms with Crippen LogP contribution in [0.5, 0.6) is 0 Å². The molecule has 0 aliphatic heterocycles. The van der Waals surface area contributed by atoms with Crippen molar-refractivity contribution in [3.05, 3.63) is 36.4 Å². The third kappa shape index (κ3) is 5.11. The number of rotatable bonds is 4. The molecule has 1 N–H and O–H groups in total. The Morgan fingerprint density at radius 2 is 1.79 bits per heavy atom. The predicted octanol–water partition coefficient (Wildman–Crippen LogP) is 4.39. The fourth-order valence-electron chi connectivity index (χ4n) is 2.08. The molecule has 1 aromatic rings. The number of carbonyl (C=O) groups is 1. The van der Waals surface area contributed by atoms with Crippen LogP contribution in [0.3, 0.4) is 0 Å². The second kappa shape index (κ2) is 5.83. The van der Waals surface area contributed by atoms with Crippen molar-refractivity contribution in [3.8, 4) is 0 Å². The Kier molecular flexibility index (Phi) is 4.86. The summed E-state index contributed by atoms with van der Waals surface area (Å²) in [4.78, 5) is 12.3. The lowest BCUT2D eigenvalue weighted by Crippen LogP contribution is -2.38. The highest BCUT2D eigenvalue weighted by molar-refractivity contribution is 7.82. The number of anilines is 1. The first-order chi connectivity index (χ1) is 8.64. The number of thiol groups is 1. The number of carbonyl (C=O) groups excluding carboxylic acids is 1. The average molecular weight is 277 g/mol. The Morgan fingerprint density at radius 1 is 1.26 bits per heavy atom. The lowest BCUT2D eigenvalue weighted by molar-refractivity contribution is -0.118. The van der Waals surface area contributed by atoms with Gasteiger partial charge in [0.2, 0.25) is 5.91 Å². The van der Waals surface area contributed by atoms with Gasteiger partial charge in [-0.3, -0.25) is 4.79 Å². The minimum Gasteiger partial charge on any atom is -0.325 e. The molecule has 1 amide bonds. The van der Waals surface area contributed by atoms with Crippen molar-refractivity contribution in [1.82, 2.24) is 0 Å². The molecule has 0 bridgehead atoms. The highest BCUT2D eigenvalue weighted by Gasteiger charge is 2.33. The lowest BCUT2D eigenvalue weighted by atomic mass is 9.84. The minimum atomic E-state index is -0.685. The van der Waals surface area contributed by atoms with E-state index in [1.807, 2.05) is 31.2 Å². The molecule has 104 valence electrons. The van der Waals surface area contributed by atoms with Gasteiger partial charge in [-0.15, -0.1) is 0 Å². The number of hydrogen-bond acceptors (Lipinski definition) is 2. The van der Waals surface area contributed by atoms with E-state index in [2.05, 4.69) is 45.3 Å². The molecule has 0 aromatic heterocycles. The SMILES string of the molecule is C=Cc1ccc(NC(=O)C(C)(S)CC(C)(C)C)cc1. The van der Waals surface area contributed by atoms with Gasteiger partial charge in [0.05, 0.1) is 4.75 Å². The normalized spacial score (nSPS) is 14.6. The maximum absolute atomic E-state index is 12.3. The maximum atomic E-state index is 12.3. The van der Waals surface area contributed by atoms with Gasteiger partial charge in [-0.05, 0) is 36.5 Å². The minimum absolute atomic E-state index is 0.0561. The van der Waals surface area contributed by atoms with Crippen LogP contribution in [0.15, 0.2) is 30.8 Å². The van der Waals surface area contributed by atoms with Crippen LogP contribution in [0, 0.1) is 5.41 Å². The number of benzene rings is 1. The van der Waals surface area contributed by atoms with E-state index in [4.69, 9.17) is 0 Å². The van der Waals surface area contributed by atoms with E-state index in [0.29, 0.717) is 6.42 Å². The summed E-state index contributed by atoms with van der Waals surface area (Å²) in [6.07, 6.45) is 2.48. The van der Waals surface area contributed by atoms with Crippen molar-refractivity contribution < 1.29 is 4.79 Å². The molecule has 1 unspecified atom stereocenters. The summed E-state index contributed by atoms with van der Waals surface area (Å²) in [7, 11) is 0. The molecular weight excluding hydrogens is 254 g/mol. The van der Waals surface area contributed by atoms with Gasteiger partial charge in [-0.1, -0.05) is 45.6 Å². The van der Waals surface area contributed by atoms with E-state index in [9.17, 15) is 4.79 Å². The third-order valence-corrected chi connectivity index (χ3v) is 3.13. The molecule has 0 heterocycles. The fourth-order valence-corrected chi connectivity index (χ4v) is 2.61. The molecule has 0 saturated heterocycles. The van der Waals surface area contributed by atoms with Crippen LogP contribution in [0.4, 0.5) is 5.69 Å². The van der Waals surface area contributed by atoms with Gasteiger partial charge in [0.25, 0.3) is 0 Å². The van der Waals surface area contributed by atoms with Crippen LogP contribution in [0.2, 0.25) is 0 Å². The summed E-state index contributed by atoms with van der Waals surface area (Å²) in [5.74, 6) is -0.0721. The van der Waals surface area contributed by atoms with Gasteiger partial charge in [0.1, 0.15) is 0 Å². The molecule has 0 spiro atoms. The smallest absolute Gasteiger partial charge is 0.240 e. The van der Waals surface area contributed by atoms with Crippen molar-refractivity contribution in [2.75, 3.05) is 5.32 Å². The first-order valence-electron chi connectivity index (χ1n) is 6.40. The summed E-state index contributed by atoms with van der Waals surface area (Å²) >= 11 is 4.52. The van der Waals surface area contributed by atoms with Crippen molar-refractivity contribution in [2.24, 2.45) is 5.41 Å². The highest BCUT2D eigenvalue weighted by atomic mass is 32.1. The largest absolute Gasteiger partial charge is 0.325 e. The maximum Gasteiger partial charge on any atom is 0.240 e. The summed E-state index contributed by atoms with van der Waals surface area (Å²) in [5, 5.41) is 2.91. The molecule has 1 aromatic carbocycles. The Labute approximate surface area is 121 Å². The summed E-state index contributed by atoms with van der Waals surface area (Å²) in [6, 6.07) is 7.58. The monoisotopic (exact) mass is 277 g/mol. The van der Waals surface area contributed by atoms with Crippen LogP contribution in [-0.4, -0.2) is 10.7 Å². The lowest BCUT2D eigenvalue weighted by Gasteiger charge is -2.30. The van der Waals surface area contributed by atoms with Crippen molar-refractivity contribution in [1.29, 1.82) is 0 Å². The second-order valence-electron chi connectivity index (χ2n) is 6.29. The molecule has 0 aliphatic carbocycles. The number of hydrogen-bond donors (Lipinski definition) is 2. The van der Waals surface area contributed by atoms with Crippen molar-refractivity contribution >= 4 is 30.3 Å². The number of amides is 1. The fraction of sp³-hybridized carbons (Fsp3) is 0.438. The Hall–Kier alpha value is -1.22. The zero-order valence-electron chi connectivity index (χ0n) is 12.2. The first kappa shape index (κ1) is 15.8. The molecule has 3 heteroatoms. The van der Waals surface area contributed by atoms with Crippen LogP contribution in [0.1, 0.15) is 39.7 Å².